The van der Waals surface area contributed by atoms with Crippen molar-refractivity contribution < 1.29 is 49.4 Å². The molecule has 0 aromatic heterocycles. The van der Waals surface area contributed by atoms with Crippen molar-refractivity contribution in [2.45, 2.75) is 56.6 Å². The van der Waals surface area contributed by atoms with Crippen molar-refractivity contribution in [1.29, 1.82) is 0 Å². The van der Waals surface area contributed by atoms with E-state index >= 15 is 0 Å². The zero-order valence-corrected chi connectivity index (χ0v) is 26.1. The first-order valence-corrected chi connectivity index (χ1v) is 15.4. The molecule has 14 nitrogen and oxygen atoms in total. The number of amides is 3. The fourth-order valence-corrected chi connectivity index (χ4v) is 5.32. The van der Waals surface area contributed by atoms with Crippen molar-refractivity contribution in [3.63, 3.8) is 0 Å². The minimum Gasteiger partial charge on any atom is -0.494 e. The molecule has 0 radical (unpaired) electrons. The van der Waals surface area contributed by atoms with Gasteiger partial charge in [0.25, 0.3) is 5.91 Å². The number of methoxy groups -OCH3 is 1. The van der Waals surface area contributed by atoms with Crippen LogP contribution in [0.5, 0.6) is 5.75 Å². The molecule has 2 aromatic rings. The SMILES string of the molecule is CCOc1cc(C(=O)OC)c(C2CC2)cc1CN1CCN(C(=O)Nc2ccc(C(=O)NCC(O)C(O)C(O)C(O)CO)cc2)CC1. The zero-order valence-electron chi connectivity index (χ0n) is 26.1. The summed E-state index contributed by atoms with van der Waals surface area (Å²) in [5.41, 5.74) is 3.28. The van der Waals surface area contributed by atoms with Gasteiger partial charge in [0, 0.05) is 56.1 Å². The third kappa shape index (κ3) is 8.93. The number of carbonyl (C=O) groups excluding carboxylic acids is 3. The molecule has 1 aliphatic heterocycles. The van der Waals surface area contributed by atoms with Gasteiger partial charge in [-0.05, 0) is 67.6 Å². The van der Waals surface area contributed by atoms with Crippen LogP contribution in [0.2, 0.25) is 0 Å². The Labute approximate surface area is 267 Å². The fraction of sp³-hybridized carbons (Fsp3) is 0.531. The third-order valence-corrected chi connectivity index (χ3v) is 8.20. The minimum atomic E-state index is -1.79. The van der Waals surface area contributed by atoms with Gasteiger partial charge in [0.2, 0.25) is 0 Å². The smallest absolute Gasteiger partial charge is 0.338 e. The van der Waals surface area contributed by atoms with Crippen molar-refractivity contribution >= 4 is 23.6 Å². The lowest BCUT2D eigenvalue weighted by molar-refractivity contribution is -0.113. The molecular formula is C32H44N4O10. The fourth-order valence-electron chi connectivity index (χ4n) is 5.32. The van der Waals surface area contributed by atoms with Crippen LogP contribution in [-0.2, 0) is 11.3 Å². The van der Waals surface area contributed by atoms with Gasteiger partial charge in [-0.25, -0.2) is 9.59 Å². The molecule has 252 valence electrons. The van der Waals surface area contributed by atoms with Crippen LogP contribution in [0.1, 0.15) is 57.5 Å². The molecule has 1 saturated heterocycles. The third-order valence-electron chi connectivity index (χ3n) is 8.20. The van der Waals surface area contributed by atoms with Gasteiger partial charge in [-0.15, -0.1) is 0 Å². The number of anilines is 1. The summed E-state index contributed by atoms with van der Waals surface area (Å²) in [7, 11) is 1.38. The van der Waals surface area contributed by atoms with E-state index in [1.54, 1.807) is 23.1 Å². The second-order valence-electron chi connectivity index (χ2n) is 11.5. The number of rotatable bonds is 14. The molecule has 0 spiro atoms. The van der Waals surface area contributed by atoms with E-state index in [1.807, 2.05) is 6.92 Å². The Morgan fingerprint density at radius 1 is 0.957 bits per heavy atom. The summed E-state index contributed by atoms with van der Waals surface area (Å²) >= 11 is 0. The maximum absolute atomic E-state index is 13.0. The number of nitrogens with one attached hydrogen (secondary N) is 2. The molecular weight excluding hydrogens is 600 g/mol. The average molecular weight is 645 g/mol. The molecule has 2 aliphatic rings. The summed E-state index contributed by atoms with van der Waals surface area (Å²) in [6, 6.07) is 9.72. The van der Waals surface area contributed by atoms with Crippen molar-refractivity contribution in [2.24, 2.45) is 0 Å². The molecule has 4 unspecified atom stereocenters. The Bertz CT molecular complexity index is 1350. The quantitative estimate of drug-likeness (QED) is 0.139. The first kappa shape index (κ1) is 35.1. The Morgan fingerprint density at radius 3 is 2.20 bits per heavy atom. The average Bonchev–Trinajstić information content (AvgIpc) is 3.92. The molecule has 2 aromatic carbocycles. The molecule has 2 fully saturated rings. The number of carbonyl (C=O) groups is 3. The van der Waals surface area contributed by atoms with Crippen LogP contribution < -0.4 is 15.4 Å². The summed E-state index contributed by atoms with van der Waals surface area (Å²) < 4.78 is 10.9. The lowest BCUT2D eigenvalue weighted by Gasteiger charge is -2.35. The van der Waals surface area contributed by atoms with Crippen LogP contribution in [0.15, 0.2) is 36.4 Å². The molecule has 3 amide bonds. The Morgan fingerprint density at radius 2 is 1.61 bits per heavy atom. The molecule has 1 heterocycles. The van der Waals surface area contributed by atoms with Crippen molar-refractivity contribution in [3.8, 4) is 5.75 Å². The van der Waals surface area contributed by atoms with Gasteiger partial charge in [0.15, 0.2) is 0 Å². The van der Waals surface area contributed by atoms with E-state index in [0.717, 1.165) is 24.0 Å². The molecule has 1 saturated carbocycles. The molecule has 1 aliphatic carbocycles. The number of hydrogen-bond acceptors (Lipinski definition) is 11. The van der Waals surface area contributed by atoms with E-state index < -0.39 is 43.5 Å². The first-order valence-electron chi connectivity index (χ1n) is 15.4. The predicted molar refractivity (Wildman–Crippen MR) is 167 cm³/mol. The zero-order chi connectivity index (χ0) is 33.4. The molecule has 14 heteroatoms. The summed E-state index contributed by atoms with van der Waals surface area (Å²) in [6.45, 7) is 4.07. The highest BCUT2D eigenvalue weighted by atomic mass is 16.5. The summed E-state index contributed by atoms with van der Waals surface area (Å²) in [6.07, 6.45) is -4.71. The van der Waals surface area contributed by atoms with E-state index in [9.17, 15) is 34.8 Å². The van der Waals surface area contributed by atoms with Crippen LogP contribution >= 0.6 is 0 Å². The standard InChI is InChI=1S/C32H44N4O10/c1-3-46-27-15-24(31(43)45-2)23(19-4-5-19)14-21(27)17-35-10-12-36(13-11-35)32(44)34-22-8-6-20(7-9-22)30(42)33-16-25(38)28(40)29(41)26(39)18-37/h6-9,14-15,19,25-26,28-29,37-41H,3-5,10-13,16-18H2,1-2H3,(H,33,42)(H,34,44). The van der Waals surface area contributed by atoms with Crippen molar-refractivity contribution in [2.75, 3.05) is 58.4 Å². The van der Waals surface area contributed by atoms with Gasteiger partial charge in [0.1, 0.15) is 24.1 Å². The van der Waals surface area contributed by atoms with Gasteiger partial charge in [-0.2, -0.15) is 0 Å². The number of aliphatic hydroxyl groups is 5. The summed E-state index contributed by atoms with van der Waals surface area (Å²) in [5.74, 6) is 0.0924. The predicted octanol–water partition coefficient (Wildman–Crippen LogP) is 0.265. The molecule has 7 N–H and O–H groups in total. The number of ether oxygens (including phenoxy) is 2. The van der Waals surface area contributed by atoms with Crippen LogP contribution in [-0.4, -0.2) is 131 Å². The van der Waals surface area contributed by atoms with Crippen LogP contribution in [0.4, 0.5) is 10.5 Å². The maximum atomic E-state index is 13.0. The number of benzene rings is 2. The van der Waals surface area contributed by atoms with E-state index in [1.165, 1.54) is 19.2 Å². The topological polar surface area (TPSA) is 201 Å². The molecule has 4 atom stereocenters. The number of aliphatic hydroxyl groups excluding tert-OH is 5. The highest BCUT2D eigenvalue weighted by Crippen LogP contribution is 2.44. The van der Waals surface area contributed by atoms with E-state index in [2.05, 4.69) is 21.6 Å². The van der Waals surface area contributed by atoms with Crippen LogP contribution in [0, 0.1) is 0 Å². The van der Waals surface area contributed by atoms with E-state index in [-0.39, 0.29) is 17.6 Å². The number of hydrogen-bond donors (Lipinski definition) is 7. The second-order valence-corrected chi connectivity index (χ2v) is 11.5. The Balaban J connectivity index is 1.27. The van der Waals surface area contributed by atoms with Crippen molar-refractivity contribution in [3.05, 3.63) is 58.7 Å². The molecule has 4 rings (SSSR count). The largest absolute Gasteiger partial charge is 0.494 e. The van der Waals surface area contributed by atoms with Gasteiger partial charge < -0.3 is 50.5 Å². The lowest BCUT2D eigenvalue weighted by atomic mass is 9.98. The number of urea groups is 1. The second kappa shape index (κ2) is 16.2. The van der Waals surface area contributed by atoms with Gasteiger partial charge in [0.05, 0.1) is 32.0 Å². The van der Waals surface area contributed by atoms with Gasteiger partial charge >= 0.3 is 12.0 Å². The van der Waals surface area contributed by atoms with Gasteiger partial charge in [-0.3, -0.25) is 9.69 Å². The number of piperazine rings is 1. The molecule has 46 heavy (non-hydrogen) atoms. The highest BCUT2D eigenvalue weighted by Gasteiger charge is 2.32. The van der Waals surface area contributed by atoms with E-state index in [0.29, 0.717) is 62.2 Å². The Kier molecular flexibility index (Phi) is 12.3. The summed E-state index contributed by atoms with van der Waals surface area (Å²) in [4.78, 5) is 41.8. The van der Waals surface area contributed by atoms with Crippen LogP contribution in [0.25, 0.3) is 0 Å². The summed E-state index contributed by atoms with van der Waals surface area (Å²) in [5, 5.41) is 53.1. The van der Waals surface area contributed by atoms with E-state index in [4.69, 9.17) is 14.6 Å². The Hall–Kier alpha value is -3.79. The highest BCUT2D eigenvalue weighted by molar-refractivity contribution is 5.95. The maximum Gasteiger partial charge on any atom is 0.338 e. The number of esters is 1. The van der Waals surface area contributed by atoms with Crippen molar-refractivity contribution in [1.82, 2.24) is 15.1 Å². The monoisotopic (exact) mass is 644 g/mol. The van der Waals surface area contributed by atoms with Crippen LogP contribution in [0.3, 0.4) is 0 Å². The normalized spacial score (nSPS) is 17.8. The lowest BCUT2D eigenvalue weighted by Crippen LogP contribution is -2.49. The molecule has 0 bridgehead atoms. The van der Waals surface area contributed by atoms with Gasteiger partial charge in [-0.1, -0.05) is 0 Å². The number of nitrogens with zero attached hydrogens (tertiary/aromatic N) is 2. The first-order chi connectivity index (χ1) is 22.1. The minimum absolute atomic E-state index is 0.236.